The van der Waals surface area contributed by atoms with Crippen molar-refractivity contribution in [2.75, 3.05) is 13.7 Å². The van der Waals surface area contributed by atoms with Crippen LogP contribution >= 0.6 is 0 Å². The minimum Gasteiger partial charge on any atom is -0.497 e. The summed E-state index contributed by atoms with van der Waals surface area (Å²) in [6.07, 6.45) is 0. The molecule has 4 heteroatoms. The average molecular weight is 347 g/mol. The molecular formula is C22H21NO3. The van der Waals surface area contributed by atoms with Crippen LogP contribution in [0.4, 0.5) is 0 Å². The Labute approximate surface area is 153 Å². The fourth-order valence-electron chi connectivity index (χ4n) is 2.67. The van der Waals surface area contributed by atoms with E-state index in [2.05, 4.69) is 5.32 Å². The Morgan fingerprint density at radius 1 is 0.808 bits per heavy atom. The van der Waals surface area contributed by atoms with Crippen molar-refractivity contribution in [3.63, 3.8) is 0 Å². The molecule has 132 valence electrons. The van der Waals surface area contributed by atoms with Gasteiger partial charge in [-0.25, -0.2) is 0 Å². The molecule has 0 radical (unpaired) electrons. The van der Waals surface area contributed by atoms with Gasteiger partial charge in [0.1, 0.15) is 11.5 Å². The third kappa shape index (κ3) is 4.63. The van der Waals surface area contributed by atoms with E-state index in [1.165, 1.54) is 0 Å². The lowest BCUT2D eigenvalue weighted by molar-refractivity contribution is -0.123. The highest BCUT2D eigenvalue weighted by atomic mass is 16.5. The predicted octanol–water partition coefficient (Wildman–Crippen LogP) is 3.98. The number of nitrogens with one attached hydrogen (secondary N) is 1. The smallest absolute Gasteiger partial charge is 0.258 e. The zero-order valence-corrected chi connectivity index (χ0v) is 14.6. The summed E-state index contributed by atoms with van der Waals surface area (Å²) in [6.45, 7) is -0.0382. The van der Waals surface area contributed by atoms with Crippen molar-refractivity contribution in [3.8, 4) is 11.5 Å². The molecule has 0 aliphatic rings. The topological polar surface area (TPSA) is 47.6 Å². The van der Waals surface area contributed by atoms with E-state index in [1.807, 2.05) is 84.9 Å². The number of benzene rings is 3. The lowest BCUT2D eigenvalue weighted by Crippen LogP contribution is -2.33. The first-order chi connectivity index (χ1) is 12.8. The highest BCUT2D eigenvalue weighted by Crippen LogP contribution is 2.24. The van der Waals surface area contributed by atoms with Crippen LogP contribution < -0.4 is 14.8 Å². The molecule has 0 heterocycles. The number of hydrogen-bond donors (Lipinski definition) is 1. The summed E-state index contributed by atoms with van der Waals surface area (Å²) < 4.78 is 10.8. The Morgan fingerprint density at radius 2 is 1.38 bits per heavy atom. The second-order valence-corrected chi connectivity index (χ2v) is 5.79. The lowest BCUT2D eigenvalue weighted by atomic mass is 9.98. The van der Waals surface area contributed by atoms with Gasteiger partial charge in [0.2, 0.25) is 0 Å². The average Bonchev–Trinajstić information content (AvgIpc) is 2.72. The van der Waals surface area contributed by atoms with Crippen LogP contribution in [0, 0.1) is 0 Å². The largest absolute Gasteiger partial charge is 0.497 e. The highest BCUT2D eigenvalue weighted by molar-refractivity contribution is 5.78. The van der Waals surface area contributed by atoms with Gasteiger partial charge in [-0.3, -0.25) is 4.79 Å². The molecule has 0 aliphatic carbocycles. The van der Waals surface area contributed by atoms with Gasteiger partial charge in [-0.05, 0) is 35.4 Å². The van der Waals surface area contributed by atoms with Crippen LogP contribution in [0.1, 0.15) is 17.2 Å². The van der Waals surface area contributed by atoms with Gasteiger partial charge in [0, 0.05) is 0 Å². The number of carbonyl (C=O) groups is 1. The van der Waals surface area contributed by atoms with Crippen molar-refractivity contribution in [1.82, 2.24) is 5.32 Å². The molecule has 0 aliphatic heterocycles. The van der Waals surface area contributed by atoms with E-state index < -0.39 is 0 Å². The fraction of sp³-hybridized carbons (Fsp3) is 0.136. The zero-order chi connectivity index (χ0) is 18.2. The Balaban J connectivity index is 1.74. The highest BCUT2D eigenvalue weighted by Gasteiger charge is 2.17. The molecule has 1 atom stereocenters. The van der Waals surface area contributed by atoms with Crippen molar-refractivity contribution in [3.05, 3.63) is 96.1 Å². The van der Waals surface area contributed by atoms with Crippen LogP contribution in [-0.4, -0.2) is 19.6 Å². The van der Waals surface area contributed by atoms with E-state index in [-0.39, 0.29) is 18.6 Å². The van der Waals surface area contributed by atoms with Gasteiger partial charge in [0.25, 0.3) is 5.91 Å². The normalized spacial score (nSPS) is 11.4. The maximum absolute atomic E-state index is 12.4. The second kappa shape index (κ2) is 8.72. The van der Waals surface area contributed by atoms with Gasteiger partial charge in [-0.1, -0.05) is 60.7 Å². The SMILES string of the molecule is COc1ccc([C@H](NC(=O)COc2ccccc2)c2ccccc2)cc1. The second-order valence-electron chi connectivity index (χ2n) is 5.79. The van der Waals surface area contributed by atoms with Crippen LogP contribution in [0.15, 0.2) is 84.9 Å². The maximum Gasteiger partial charge on any atom is 0.258 e. The number of hydrogen-bond acceptors (Lipinski definition) is 3. The number of carbonyl (C=O) groups excluding carboxylic acids is 1. The first kappa shape index (κ1) is 17.5. The Kier molecular flexibility index (Phi) is 5.88. The molecule has 3 aromatic carbocycles. The number of para-hydroxylation sites is 1. The molecule has 1 N–H and O–H groups in total. The molecule has 0 aromatic heterocycles. The molecular weight excluding hydrogens is 326 g/mol. The molecule has 4 nitrogen and oxygen atoms in total. The third-order valence-electron chi connectivity index (χ3n) is 4.00. The molecule has 3 rings (SSSR count). The van der Waals surface area contributed by atoms with E-state index in [0.717, 1.165) is 16.9 Å². The maximum atomic E-state index is 12.4. The van der Waals surface area contributed by atoms with Crippen molar-refractivity contribution < 1.29 is 14.3 Å². The summed E-state index contributed by atoms with van der Waals surface area (Å²) in [5.74, 6) is 1.26. The van der Waals surface area contributed by atoms with E-state index >= 15 is 0 Å². The van der Waals surface area contributed by atoms with E-state index in [1.54, 1.807) is 7.11 Å². The van der Waals surface area contributed by atoms with Gasteiger partial charge >= 0.3 is 0 Å². The fourth-order valence-corrected chi connectivity index (χ4v) is 2.67. The third-order valence-corrected chi connectivity index (χ3v) is 4.00. The quantitative estimate of drug-likeness (QED) is 0.703. The summed E-state index contributed by atoms with van der Waals surface area (Å²) in [5.41, 5.74) is 1.98. The number of methoxy groups -OCH3 is 1. The van der Waals surface area contributed by atoms with Gasteiger partial charge in [0.05, 0.1) is 13.2 Å². The van der Waals surface area contributed by atoms with Crippen molar-refractivity contribution in [2.45, 2.75) is 6.04 Å². The van der Waals surface area contributed by atoms with Crippen LogP contribution in [0.5, 0.6) is 11.5 Å². The summed E-state index contributed by atoms with van der Waals surface area (Å²) in [5, 5.41) is 3.05. The number of ether oxygens (including phenoxy) is 2. The first-order valence-corrected chi connectivity index (χ1v) is 8.42. The van der Waals surface area contributed by atoms with Crippen LogP contribution in [0.2, 0.25) is 0 Å². The first-order valence-electron chi connectivity index (χ1n) is 8.42. The van der Waals surface area contributed by atoms with Gasteiger partial charge < -0.3 is 14.8 Å². The molecule has 0 bridgehead atoms. The summed E-state index contributed by atoms with van der Waals surface area (Å²) in [4.78, 5) is 12.4. The number of rotatable bonds is 7. The van der Waals surface area contributed by atoms with Gasteiger partial charge in [-0.2, -0.15) is 0 Å². The molecule has 0 saturated heterocycles. The standard InChI is InChI=1S/C22H21NO3/c1-25-19-14-12-18(13-15-19)22(17-8-4-2-5-9-17)23-21(24)16-26-20-10-6-3-7-11-20/h2-15,22H,16H2,1H3,(H,23,24)/t22-/m1/s1. The number of amides is 1. The Bertz CT molecular complexity index is 817. The minimum atomic E-state index is -0.256. The van der Waals surface area contributed by atoms with Gasteiger partial charge in [0.15, 0.2) is 6.61 Å². The minimum absolute atomic E-state index is 0.0382. The molecule has 1 amide bonds. The Hall–Kier alpha value is -3.27. The molecule has 0 spiro atoms. The molecule has 0 saturated carbocycles. The molecule has 0 unspecified atom stereocenters. The van der Waals surface area contributed by atoms with Crippen molar-refractivity contribution >= 4 is 5.91 Å². The lowest BCUT2D eigenvalue weighted by Gasteiger charge is -2.20. The van der Waals surface area contributed by atoms with E-state index in [4.69, 9.17) is 9.47 Å². The van der Waals surface area contributed by atoms with Crippen LogP contribution in [0.25, 0.3) is 0 Å². The predicted molar refractivity (Wildman–Crippen MR) is 101 cm³/mol. The summed E-state index contributed by atoms with van der Waals surface area (Å²) in [7, 11) is 1.63. The van der Waals surface area contributed by atoms with Gasteiger partial charge in [-0.15, -0.1) is 0 Å². The summed E-state index contributed by atoms with van der Waals surface area (Å²) >= 11 is 0. The van der Waals surface area contributed by atoms with Crippen LogP contribution in [-0.2, 0) is 4.79 Å². The molecule has 26 heavy (non-hydrogen) atoms. The molecule has 0 fully saturated rings. The molecule has 3 aromatic rings. The monoisotopic (exact) mass is 347 g/mol. The van der Waals surface area contributed by atoms with E-state index in [9.17, 15) is 4.79 Å². The van der Waals surface area contributed by atoms with Crippen molar-refractivity contribution in [1.29, 1.82) is 0 Å². The van der Waals surface area contributed by atoms with Crippen molar-refractivity contribution in [2.24, 2.45) is 0 Å². The summed E-state index contributed by atoms with van der Waals surface area (Å²) in [6, 6.07) is 26.6. The zero-order valence-electron chi connectivity index (χ0n) is 14.6. The van der Waals surface area contributed by atoms with E-state index in [0.29, 0.717) is 5.75 Å². The van der Waals surface area contributed by atoms with Crippen LogP contribution in [0.3, 0.4) is 0 Å². The Morgan fingerprint density at radius 3 is 2.00 bits per heavy atom.